The predicted octanol–water partition coefficient (Wildman–Crippen LogP) is 2.39. The molecule has 1 aromatic heterocycles. The van der Waals surface area contributed by atoms with E-state index in [-0.39, 0.29) is 12.1 Å². The largest absolute Gasteiger partial charge is 0.326 e. The van der Waals surface area contributed by atoms with Gasteiger partial charge in [-0.1, -0.05) is 18.2 Å². The number of nitrogens with zero attached hydrogens (tertiary/aromatic N) is 2. The molecular formula is C13H14N4O. The van der Waals surface area contributed by atoms with Gasteiger partial charge in [-0.05, 0) is 25.0 Å². The monoisotopic (exact) mass is 242 g/mol. The van der Waals surface area contributed by atoms with Gasteiger partial charge in [0.05, 0.1) is 11.9 Å². The number of urea groups is 1. The van der Waals surface area contributed by atoms with Crippen LogP contribution in [-0.2, 0) is 6.42 Å². The van der Waals surface area contributed by atoms with Gasteiger partial charge in [-0.15, -0.1) is 0 Å². The fourth-order valence-corrected chi connectivity index (χ4v) is 2.38. The molecule has 18 heavy (non-hydrogen) atoms. The SMILES string of the molecule is C[C@@H]1Cc2ccccc2N1C(=O)Nc1cn[nH]c1. The van der Waals surface area contributed by atoms with Gasteiger partial charge in [0.2, 0.25) is 0 Å². The minimum Gasteiger partial charge on any atom is -0.305 e. The van der Waals surface area contributed by atoms with Gasteiger partial charge < -0.3 is 5.32 Å². The lowest BCUT2D eigenvalue weighted by Crippen LogP contribution is -2.38. The third-order valence-corrected chi connectivity index (χ3v) is 3.18. The number of carbonyl (C=O) groups is 1. The van der Waals surface area contributed by atoms with Crippen molar-refractivity contribution >= 4 is 17.4 Å². The van der Waals surface area contributed by atoms with Crippen LogP contribution in [0.3, 0.4) is 0 Å². The average molecular weight is 242 g/mol. The highest BCUT2D eigenvalue weighted by Gasteiger charge is 2.30. The first kappa shape index (κ1) is 10.8. The number of hydrogen-bond acceptors (Lipinski definition) is 2. The lowest BCUT2D eigenvalue weighted by Gasteiger charge is -2.22. The number of fused-ring (bicyclic) bond motifs is 1. The molecule has 1 atom stereocenters. The molecule has 0 radical (unpaired) electrons. The Labute approximate surface area is 105 Å². The molecule has 0 spiro atoms. The van der Waals surface area contributed by atoms with Crippen LogP contribution in [0.25, 0.3) is 0 Å². The maximum Gasteiger partial charge on any atom is 0.326 e. The predicted molar refractivity (Wildman–Crippen MR) is 69.7 cm³/mol. The number of rotatable bonds is 1. The first-order chi connectivity index (χ1) is 8.75. The molecule has 2 amide bonds. The van der Waals surface area contributed by atoms with E-state index in [1.807, 2.05) is 18.2 Å². The highest BCUT2D eigenvalue weighted by molar-refractivity contribution is 6.03. The Morgan fingerprint density at radius 2 is 2.33 bits per heavy atom. The van der Waals surface area contributed by atoms with E-state index in [0.717, 1.165) is 12.1 Å². The lowest BCUT2D eigenvalue weighted by atomic mass is 10.1. The van der Waals surface area contributed by atoms with Crippen molar-refractivity contribution in [1.82, 2.24) is 10.2 Å². The summed E-state index contributed by atoms with van der Waals surface area (Å²) in [4.78, 5) is 14.1. The Morgan fingerprint density at radius 3 is 3.11 bits per heavy atom. The molecule has 0 unspecified atom stereocenters. The Balaban J connectivity index is 1.86. The topological polar surface area (TPSA) is 61.0 Å². The minimum absolute atomic E-state index is 0.117. The molecule has 2 N–H and O–H groups in total. The smallest absolute Gasteiger partial charge is 0.305 e. The van der Waals surface area contributed by atoms with Gasteiger partial charge in [-0.25, -0.2) is 4.79 Å². The fraction of sp³-hybridized carbons (Fsp3) is 0.231. The Kier molecular flexibility index (Phi) is 2.51. The van der Waals surface area contributed by atoms with Crippen molar-refractivity contribution in [3.05, 3.63) is 42.2 Å². The zero-order valence-electron chi connectivity index (χ0n) is 10.1. The molecule has 0 aliphatic carbocycles. The molecule has 3 rings (SSSR count). The normalized spacial score (nSPS) is 17.6. The van der Waals surface area contributed by atoms with E-state index in [1.54, 1.807) is 17.3 Å². The van der Waals surface area contributed by atoms with Crippen LogP contribution in [0, 0.1) is 0 Å². The number of aromatic amines is 1. The second kappa shape index (κ2) is 4.18. The first-order valence-corrected chi connectivity index (χ1v) is 5.92. The molecule has 0 saturated carbocycles. The van der Waals surface area contributed by atoms with Crippen LogP contribution in [0.5, 0.6) is 0 Å². The minimum atomic E-state index is -0.117. The average Bonchev–Trinajstić information content (AvgIpc) is 2.94. The van der Waals surface area contributed by atoms with Crippen molar-refractivity contribution in [3.8, 4) is 0 Å². The summed E-state index contributed by atoms with van der Waals surface area (Å²) in [7, 11) is 0. The molecule has 2 aromatic rings. The Bertz CT molecular complexity index is 564. The van der Waals surface area contributed by atoms with E-state index in [4.69, 9.17) is 0 Å². The number of anilines is 2. The second-order valence-corrected chi connectivity index (χ2v) is 4.47. The second-order valence-electron chi connectivity index (χ2n) is 4.47. The molecule has 92 valence electrons. The molecule has 0 saturated heterocycles. The van der Waals surface area contributed by atoms with Crippen molar-refractivity contribution in [2.75, 3.05) is 10.2 Å². The summed E-state index contributed by atoms with van der Waals surface area (Å²) in [5, 5.41) is 9.31. The first-order valence-electron chi connectivity index (χ1n) is 5.92. The van der Waals surface area contributed by atoms with Gasteiger partial charge in [-0.2, -0.15) is 5.10 Å². The summed E-state index contributed by atoms with van der Waals surface area (Å²) in [5.74, 6) is 0. The molecule has 2 heterocycles. The number of carbonyl (C=O) groups excluding carboxylic acids is 1. The van der Waals surface area contributed by atoms with Gasteiger partial charge in [0.15, 0.2) is 0 Å². The number of amides is 2. The maximum absolute atomic E-state index is 12.3. The summed E-state index contributed by atoms with van der Waals surface area (Å²) >= 11 is 0. The summed E-state index contributed by atoms with van der Waals surface area (Å²) < 4.78 is 0. The summed E-state index contributed by atoms with van der Waals surface area (Å²) in [6.07, 6.45) is 4.14. The van der Waals surface area contributed by atoms with Crippen LogP contribution in [0.1, 0.15) is 12.5 Å². The summed E-state index contributed by atoms with van der Waals surface area (Å²) in [6, 6.07) is 8.06. The van der Waals surface area contributed by atoms with E-state index in [0.29, 0.717) is 5.69 Å². The number of hydrogen-bond donors (Lipinski definition) is 2. The third-order valence-electron chi connectivity index (χ3n) is 3.18. The molecule has 0 fully saturated rings. The molecule has 1 aliphatic rings. The molecule has 0 bridgehead atoms. The summed E-state index contributed by atoms with van der Waals surface area (Å²) in [5.41, 5.74) is 2.88. The number of H-pyrrole nitrogens is 1. The zero-order valence-corrected chi connectivity index (χ0v) is 10.1. The van der Waals surface area contributed by atoms with Crippen LogP contribution in [0.2, 0.25) is 0 Å². The molecule has 5 nitrogen and oxygen atoms in total. The van der Waals surface area contributed by atoms with Crippen LogP contribution < -0.4 is 10.2 Å². The van der Waals surface area contributed by atoms with Crippen LogP contribution >= 0.6 is 0 Å². The molecule has 1 aliphatic heterocycles. The molecule has 1 aromatic carbocycles. The van der Waals surface area contributed by atoms with Crippen molar-refractivity contribution in [1.29, 1.82) is 0 Å². The maximum atomic E-state index is 12.3. The third kappa shape index (κ3) is 1.73. The zero-order chi connectivity index (χ0) is 12.5. The molecular weight excluding hydrogens is 228 g/mol. The lowest BCUT2D eigenvalue weighted by molar-refractivity contribution is 0.256. The number of benzene rings is 1. The van der Waals surface area contributed by atoms with Gasteiger partial charge in [0.25, 0.3) is 0 Å². The van der Waals surface area contributed by atoms with Gasteiger partial charge >= 0.3 is 6.03 Å². The molecule has 5 heteroatoms. The van der Waals surface area contributed by atoms with E-state index >= 15 is 0 Å². The van der Waals surface area contributed by atoms with Crippen molar-refractivity contribution in [2.24, 2.45) is 0 Å². The van der Waals surface area contributed by atoms with Crippen molar-refractivity contribution in [2.45, 2.75) is 19.4 Å². The standard InChI is InChI=1S/C13H14N4O/c1-9-6-10-4-2-3-5-12(10)17(9)13(18)16-11-7-14-15-8-11/h2-5,7-9H,6H2,1H3,(H,14,15)(H,16,18)/t9-/m1/s1. The van der Waals surface area contributed by atoms with E-state index in [2.05, 4.69) is 28.5 Å². The number of aromatic nitrogens is 2. The quantitative estimate of drug-likeness (QED) is 0.806. The number of nitrogens with one attached hydrogen (secondary N) is 2. The highest BCUT2D eigenvalue weighted by Crippen LogP contribution is 2.32. The highest BCUT2D eigenvalue weighted by atomic mass is 16.2. The summed E-state index contributed by atoms with van der Waals surface area (Å²) in [6.45, 7) is 2.05. The van der Waals surface area contributed by atoms with Crippen LogP contribution in [0.15, 0.2) is 36.7 Å². The van der Waals surface area contributed by atoms with Gasteiger partial charge in [-0.3, -0.25) is 10.00 Å². The van der Waals surface area contributed by atoms with E-state index < -0.39 is 0 Å². The van der Waals surface area contributed by atoms with E-state index in [1.165, 1.54) is 5.56 Å². The van der Waals surface area contributed by atoms with E-state index in [9.17, 15) is 4.79 Å². The number of para-hydroxylation sites is 1. The Hall–Kier alpha value is -2.30. The van der Waals surface area contributed by atoms with Gasteiger partial charge in [0.1, 0.15) is 0 Å². The van der Waals surface area contributed by atoms with Crippen molar-refractivity contribution in [3.63, 3.8) is 0 Å². The fourth-order valence-electron chi connectivity index (χ4n) is 2.38. The van der Waals surface area contributed by atoms with Gasteiger partial charge in [0, 0.05) is 17.9 Å². The van der Waals surface area contributed by atoms with Crippen molar-refractivity contribution < 1.29 is 4.79 Å². The Morgan fingerprint density at radius 1 is 1.50 bits per heavy atom. The van der Waals surface area contributed by atoms with Crippen LogP contribution in [-0.4, -0.2) is 22.3 Å². The van der Waals surface area contributed by atoms with Crippen LogP contribution in [0.4, 0.5) is 16.2 Å².